The van der Waals surface area contributed by atoms with Gasteiger partial charge in [0.15, 0.2) is 0 Å². The molecule has 0 saturated heterocycles. The van der Waals surface area contributed by atoms with Gasteiger partial charge in [0, 0.05) is 6.42 Å². The molecule has 4 nitrogen and oxygen atoms in total. The van der Waals surface area contributed by atoms with E-state index in [1.165, 1.54) is 0 Å². The van der Waals surface area contributed by atoms with Gasteiger partial charge in [0.05, 0.1) is 12.5 Å². The minimum Gasteiger partial charge on any atom is -0.480 e. The summed E-state index contributed by atoms with van der Waals surface area (Å²) in [7, 11) is 0.126. The van der Waals surface area contributed by atoms with E-state index in [0.717, 1.165) is 0 Å². The zero-order chi connectivity index (χ0) is 9.72. The fourth-order valence-corrected chi connectivity index (χ4v) is 1.75. The molecular weight excluding hydrogens is 178 g/mol. The highest BCUT2D eigenvalue weighted by Gasteiger charge is 2.20. The number of carboxylic acids is 1. The minimum absolute atomic E-state index is 0.126. The Morgan fingerprint density at radius 3 is 2.42 bits per heavy atom. The lowest BCUT2D eigenvalue weighted by molar-refractivity contribution is -0.139. The van der Waals surface area contributed by atoms with E-state index in [1.807, 2.05) is 12.5 Å². The van der Waals surface area contributed by atoms with Gasteiger partial charge < -0.3 is 15.9 Å². The van der Waals surface area contributed by atoms with Gasteiger partial charge in [0.1, 0.15) is 17.9 Å². The van der Waals surface area contributed by atoms with Gasteiger partial charge in [-0.05, 0) is 10.9 Å². The fraction of sp³-hybridized carbons (Fsp3) is 0.857. The average Bonchev–Trinajstić information content (AvgIpc) is 1.84. The van der Waals surface area contributed by atoms with Gasteiger partial charge in [0.25, 0.3) is 0 Å². The smallest absolute Gasteiger partial charge is 0.320 e. The Bertz CT molecular complexity index is 152. The summed E-state index contributed by atoms with van der Waals surface area (Å²) in [5.74, 6) is -0.429. The highest BCUT2D eigenvalue weighted by Crippen LogP contribution is 2.00. The molecule has 2 atom stereocenters. The maximum atomic E-state index is 10.3. The van der Waals surface area contributed by atoms with E-state index in [2.05, 4.69) is 0 Å². The van der Waals surface area contributed by atoms with Crippen molar-refractivity contribution in [3.8, 4) is 0 Å². The fourth-order valence-electron chi connectivity index (χ4n) is 0.847. The number of hydrogen-bond donors (Lipinski definition) is 3. The first-order valence-corrected chi connectivity index (χ1v) is 5.85. The summed E-state index contributed by atoms with van der Waals surface area (Å²) in [4.78, 5) is 10.3. The third-order valence-corrected chi connectivity index (χ3v) is 2.42. The van der Waals surface area contributed by atoms with Crippen LogP contribution in [0.4, 0.5) is 0 Å². The highest BCUT2D eigenvalue weighted by atomic mass is 32.2. The van der Waals surface area contributed by atoms with Gasteiger partial charge in [-0.25, -0.2) is 0 Å². The Balaban J connectivity index is 3.68. The van der Waals surface area contributed by atoms with Crippen molar-refractivity contribution < 1.29 is 15.0 Å². The van der Waals surface area contributed by atoms with Crippen molar-refractivity contribution >= 4 is 16.9 Å². The van der Waals surface area contributed by atoms with E-state index >= 15 is 0 Å². The number of rotatable bonds is 5. The molecule has 0 heterocycles. The first-order valence-electron chi connectivity index (χ1n) is 3.64. The molecule has 0 aliphatic rings. The Morgan fingerprint density at radius 2 is 2.08 bits per heavy atom. The predicted octanol–water partition coefficient (Wildman–Crippen LogP) is -0.973. The normalized spacial score (nSPS) is 16.1. The second kappa shape index (κ2) is 5.40. The zero-order valence-corrected chi connectivity index (χ0v) is 8.17. The standard InChI is InChI=1S/C7H15NO3S/c1-12(2)4-5(9)3-6(8)7(10)11/h5-6,9H,3-4,8H2,1-2H3/p+1. The van der Waals surface area contributed by atoms with E-state index in [9.17, 15) is 9.90 Å². The highest BCUT2D eigenvalue weighted by molar-refractivity contribution is 7.95. The molecular formula is C7H16NO3S+. The molecule has 0 rings (SSSR count). The van der Waals surface area contributed by atoms with E-state index < -0.39 is 18.1 Å². The SMILES string of the molecule is C[S+](C)CC(O)CC(N)C(=O)O. The number of aliphatic carboxylic acids is 1. The summed E-state index contributed by atoms with van der Waals surface area (Å²) in [6.07, 6.45) is 3.54. The van der Waals surface area contributed by atoms with Crippen molar-refractivity contribution in [3.05, 3.63) is 0 Å². The van der Waals surface area contributed by atoms with Crippen LogP contribution in [0.3, 0.4) is 0 Å². The molecule has 0 radical (unpaired) electrons. The van der Waals surface area contributed by atoms with E-state index in [0.29, 0.717) is 5.75 Å². The summed E-state index contributed by atoms with van der Waals surface area (Å²) < 4.78 is 0. The first-order chi connectivity index (χ1) is 5.43. The minimum atomic E-state index is -1.05. The molecule has 0 aliphatic heterocycles. The van der Waals surface area contributed by atoms with Gasteiger partial charge in [-0.1, -0.05) is 0 Å². The molecule has 0 spiro atoms. The van der Waals surface area contributed by atoms with Gasteiger partial charge in [0.2, 0.25) is 0 Å². The topological polar surface area (TPSA) is 83.5 Å². The molecule has 0 aromatic rings. The molecule has 0 amide bonds. The van der Waals surface area contributed by atoms with Gasteiger partial charge in [-0.2, -0.15) is 0 Å². The van der Waals surface area contributed by atoms with Crippen LogP contribution in [-0.2, 0) is 15.7 Å². The number of aliphatic hydroxyl groups is 1. The van der Waals surface area contributed by atoms with Crippen molar-refractivity contribution in [1.82, 2.24) is 0 Å². The lowest BCUT2D eigenvalue weighted by atomic mass is 10.1. The quantitative estimate of drug-likeness (QED) is 0.492. The Morgan fingerprint density at radius 1 is 1.58 bits per heavy atom. The molecule has 0 saturated carbocycles. The molecule has 0 aromatic carbocycles. The molecule has 4 N–H and O–H groups in total. The Hall–Kier alpha value is -0.260. The van der Waals surface area contributed by atoms with Crippen molar-refractivity contribution in [2.75, 3.05) is 18.3 Å². The third-order valence-electron chi connectivity index (χ3n) is 1.37. The van der Waals surface area contributed by atoms with Gasteiger partial charge >= 0.3 is 5.97 Å². The molecule has 5 heteroatoms. The van der Waals surface area contributed by atoms with E-state index in [1.54, 1.807) is 0 Å². The van der Waals surface area contributed by atoms with Crippen molar-refractivity contribution in [3.63, 3.8) is 0 Å². The molecule has 0 bridgehead atoms. The van der Waals surface area contributed by atoms with Crippen LogP contribution in [0.2, 0.25) is 0 Å². The van der Waals surface area contributed by atoms with Crippen molar-refractivity contribution in [2.45, 2.75) is 18.6 Å². The molecule has 2 unspecified atom stereocenters. The van der Waals surface area contributed by atoms with E-state index in [4.69, 9.17) is 10.8 Å². The summed E-state index contributed by atoms with van der Waals surface area (Å²) >= 11 is 0. The predicted molar refractivity (Wildman–Crippen MR) is 50.3 cm³/mol. The molecule has 72 valence electrons. The first kappa shape index (κ1) is 11.7. The number of carboxylic acid groups (broad SMARTS) is 1. The maximum absolute atomic E-state index is 10.3. The summed E-state index contributed by atoms with van der Waals surface area (Å²) in [6, 6.07) is -0.941. The Kier molecular flexibility index (Phi) is 5.28. The maximum Gasteiger partial charge on any atom is 0.320 e. The van der Waals surface area contributed by atoms with Gasteiger partial charge in [-0.3, -0.25) is 4.79 Å². The van der Waals surface area contributed by atoms with Crippen LogP contribution in [0.1, 0.15) is 6.42 Å². The van der Waals surface area contributed by atoms with Crippen LogP contribution < -0.4 is 5.73 Å². The summed E-state index contributed by atoms with van der Waals surface area (Å²) in [5.41, 5.74) is 5.24. The largest absolute Gasteiger partial charge is 0.480 e. The van der Waals surface area contributed by atoms with Crippen LogP contribution in [0, 0.1) is 0 Å². The van der Waals surface area contributed by atoms with Crippen LogP contribution in [0.5, 0.6) is 0 Å². The van der Waals surface area contributed by atoms with Crippen molar-refractivity contribution in [2.24, 2.45) is 5.73 Å². The Labute approximate surface area is 75.1 Å². The monoisotopic (exact) mass is 194 g/mol. The number of hydrogen-bond acceptors (Lipinski definition) is 3. The molecule has 12 heavy (non-hydrogen) atoms. The third kappa shape index (κ3) is 5.40. The number of nitrogens with two attached hydrogens (primary N) is 1. The second-order valence-electron chi connectivity index (χ2n) is 2.99. The number of aliphatic hydroxyl groups excluding tert-OH is 1. The van der Waals surface area contributed by atoms with Crippen LogP contribution in [0.25, 0.3) is 0 Å². The second-order valence-corrected chi connectivity index (χ2v) is 5.29. The molecule has 0 aliphatic carbocycles. The lowest BCUT2D eigenvalue weighted by Crippen LogP contribution is -2.36. The van der Waals surface area contributed by atoms with E-state index in [-0.39, 0.29) is 17.3 Å². The van der Waals surface area contributed by atoms with Crippen LogP contribution in [0.15, 0.2) is 0 Å². The summed E-state index contributed by atoms with van der Waals surface area (Å²) in [5, 5.41) is 17.7. The number of carbonyl (C=O) groups is 1. The van der Waals surface area contributed by atoms with Crippen molar-refractivity contribution in [1.29, 1.82) is 0 Å². The lowest BCUT2D eigenvalue weighted by Gasteiger charge is -2.10. The van der Waals surface area contributed by atoms with Gasteiger partial charge in [-0.15, -0.1) is 0 Å². The molecule has 0 aromatic heterocycles. The molecule has 0 fully saturated rings. The van der Waals surface area contributed by atoms with Crippen LogP contribution in [-0.4, -0.2) is 46.6 Å². The summed E-state index contributed by atoms with van der Waals surface area (Å²) in [6.45, 7) is 0. The average molecular weight is 194 g/mol. The van der Waals surface area contributed by atoms with Crippen LogP contribution >= 0.6 is 0 Å². The zero-order valence-electron chi connectivity index (χ0n) is 7.36.